The molecule has 0 aliphatic heterocycles. The molecule has 0 fully saturated rings. The molecule has 0 heterocycles. The van der Waals surface area contributed by atoms with Crippen molar-refractivity contribution in [2.75, 3.05) is 21.3 Å². The largest absolute Gasteiger partial charge is 0.493 e. The molecule has 0 bridgehead atoms. The number of nitrogens with two attached hydrogens (primary N) is 1. The Morgan fingerprint density at radius 1 is 1.10 bits per heavy atom. The van der Waals surface area contributed by atoms with Crippen molar-refractivity contribution in [3.05, 3.63) is 17.7 Å². The first-order chi connectivity index (χ1) is 9.76. The minimum Gasteiger partial charge on any atom is -0.493 e. The van der Waals surface area contributed by atoms with Gasteiger partial charge in [0.05, 0.1) is 27.4 Å². The van der Waals surface area contributed by atoms with Crippen molar-refractivity contribution in [1.29, 1.82) is 0 Å². The standard InChI is InChI=1S/C13H18F3NO4/c1-19-9-5-4-7(11(20-2)12(9)21-3)8(18)6-10(17)13(14,15)16/h4-5,8,10,18H,6,17H2,1-3H3/t8-,10+/m0/s1. The fourth-order valence-electron chi connectivity index (χ4n) is 1.89. The van der Waals surface area contributed by atoms with E-state index in [1.165, 1.54) is 33.5 Å². The number of aliphatic hydroxyl groups excluding tert-OH is 1. The van der Waals surface area contributed by atoms with Gasteiger partial charge in [0.25, 0.3) is 0 Å². The summed E-state index contributed by atoms with van der Waals surface area (Å²) in [7, 11) is 4.09. The lowest BCUT2D eigenvalue weighted by Crippen LogP contribution is -2.38. The van der Waals surface area contributed by atoms with Crippen LogP contribution in [0.5, 0.6) is 17.2 Å². The van der Waals surface area contributed by atoms with Crippen molar-refractivity contribution in [3.8, 4) is 17.2 Å². The zero-order valence-electron chi connectivity index (χ0n) is 11.9. The third-order valence-electron chi connectivity index (χ3n) is 2.99. The fourth-order valence-corrected chi connectivity index (χ4v) is 1.89. The quantitative estimate of drug-likeness (QED) is 0.841. The Balaban J connectivity index is 3.12. The second-order valence-electron chi connectivity index (χ2n) is 4.32. The van der Waals surface area contributed by atoms with Crippen LogP contribution in [0.3, 0.4) is 0 Å². The summed E-state index contributed by atoms with van der Waals surface area (Å²) in [5, 5.41) is 9.99. The maximum atomic E-state index is 12.5. The fraction of sp³-hybridized carbons (Fsp3) is 0.538. The van der Waals surface area contributed by atoms with Crippen LogP contribution in [-0.4, -0.2) is 38.7 Å². The lowest BCUT2D eigenvalue weighted by molar-refractivity contribution is -0.153. The molecule has 0 aliphatic carbocycles. The summed E-state index contributed by atoms with van der Waals surface area (Å²) in [4.78, 5) is 0. The highest BCUT2D eigenvalue weighted by molar-refractivity contribution is 5.56. The van der Waals surface area contributed by atoms with Gasteiger partial charge in [0, 0.05) is 12.0 Å². The highest BCUT2D eigenvalue weighted by atomic mass is 19.4. The van der Waals surface area contributed by atoms with E-state index in [0.29, 0.717) is 5.75 Å². The molecule has 0 aliphatic rings. The molecule has 0 saturated heterocycles. The normalized spacial score (nSPS) is 14.5. The Bertz CT molecular complexity index is 479. The van der Waals surface area contributed by atoms with Crippen LogP contribution in [0.2, 0.25) is 0 Å². The average molecular weight is 309 g/mol. The number of benzene rings is 1. The van der Waals surface area contributed by atoms with E-state index < -0.39 is 24.7 Å². The number of rotatable bonds is 6. The highest BCUT2D eigenvalue weighted by Gasteiger charge is 2.38. The van der Waals surface area contributed by atoms with E-state index in [4.69, 9.17) is 19.9 Å². The monoisotopic (exact) mass is 309 g/mol. The smallest absolute Gasteiger partial charge is 0.403 e. The molecule has 0 aromatic heterocycles. The summed E-state index contributed by atoms with van der Waals surface area (Å²) in [6.45, 7) is 0. The number of halogens is 3. The van der Waals surface area contributed by atoms with Crippen LogP contribution in [-0.2, 0) is 0 Å². The molecule has 8 heteroatoms. The number of methoxy groups -OCH3 is 3. The van der Waals surface area contributed by atoms with Gasteiger partial charge in [0.15, 0.2) is 11.5 Å². The van der Waals surface area contributed by atoms with E-state index in [0.717, 1.165) is 0 Å². The molecule has 0 amide bonds. The van der Waals surface area contributed by atoms with Gasteiger partial charge in [-0.05, 0) is 12.1 Å². The first-order valence-corrected chi connectivity index (χ1v) is 6.05. The van der Waals surface area contributed by atoms with Gasteiger partial charge in [0.2, 0.25) is 5.75 Å². The van der Waals surface area contributed by atoms with Crippen LogP contribution >= 0.6 is 0 Å². The Labute approximate surface area is 120 Å². The van der Waals surface area contributed by atoms with Crippen LogP contribution in [0.4, 0.5) is 13.2 Å². The summed E-state index contributed by atoms with van der Waals surface area (Å²) < 4.78 is 52.7. The number of hydrogen-bond donors (Lipinski definition) is 2. The van der Waals surface area contributed by atoms with Crippen LogP contribution in [0, 0.1) is 0 Å². The van der Waals surface area contributed by atoms with Crippen molar-refractivity contribution < 1.29 is 32.5 Å². The Morgan fingerprint density at radius 3 is 2.10 bits per heavy atom. The maximum Gasteiger partial charge on any atom is 0.403 e. The van der Waals surface area contributed by atoms with Crippen molar-refractivity contribution in [2.24, 2.45) is 5.73 Å². The molecule has 0 saturated carbocycles. The molecule has 5 nitrogen and oxygen atoms in total. The van der Waals surface area contributed by atoms with Gasteiger partial charge in [0.1, 0.15) is 6.04 Å². The first-order valence-electron chi connectivity index (χ1n) is 6.05. The van der Waals surface area contributed by atoms with Crippen LogP contribution in [0.25, 0.3) is 0 Å². The van der Waals surface area contributed by atoms with Gasteiger partial charge in [-0.2, -0.15) is 13.2 Å². The van der Waals surface area contributed by atoms with Crippen molar-refractivity contribution >= 4 is 0 Å². The number of hydrogen-bond acceptors (Lipinski definition) is 5. The lowest BCUT2D eigenvalue weighted by Gasteiger charge is -2.22. The van der Waals surface area contributed by atoms with Crippen LogP contribution in [0.1, 0.15) is 18.1 Å². The van der Waals surface area contributed by atoms with E-state index in [9.17, 15) is 18.3 Å². The molecule has 1 aromatic rings. The molecular formula is C13H18F3NO4. The molecule has 2 atom stereocenters. The second kappa shape index (κ2) is 6.86. The minimum absolute atomic E-state index is 0.110. The zero-order valence-corrected chi connectivity index (χ0v) is 11.9. The van der Waals surface area contributed by atoms with Gasteiger partial charge < -0.3 is 25.1 Å². The molecule has 0 radical (unpaired) electrons. The molecule has 0 spiro atoms. The molecule has 21 heavy (non-hydrogen) atoms. The van der Waals surface area contributed by atoms with E-state index in [-0.39, 0.29) is 17.1 Å². The van der Waals surface area contributed by atoms with Gasteiger partial charge >= 0.3 is 6.18 Å². The zero-order chi connectivity index (χ0) is 16.2. The Hall–Kier alpha value is -1.67. The molecule has 3 N–H and O–H groups in total. The van der Waals surface area contributed by atoms with Crippen LogP contribution in [0.15, 0.2) is 12.1 Å². The van der Waals surface area contributed by atoms with E-state index in [1.807, 2.05) is 0 Å². The minimum atomic E-state index is -4.58. The lowest BCUT2D eigenvalue weighted by atomic mass is 10.0. The van der Waals surface area contributed by atoms with Gasteiger partial charge in [-0.1, -0.05) is 0 Å². The molecule has 1 rings (SSSR count). The Morgan fingerprint density at radius 2 is 1.67 bits per heavy atom. The first kappa shape index (κ1) is 17.4. The van der Waals surface area contributed by atoms with Crippen LogP contribution < -0.4 is 19.9 Å². The topological polar surface area (TPSA) is 73.9 Å². The highest BCUT2D eigenvalue weighted by Crippen LogP contribution is 2.43. The van der Waals surface area contributed by atoms with E-state index >= 15 is 0 Å². The second-order valence-corrected chi connectivity index (χ2v) is 4.32. The predicted octanol–water partition coefficient (Wildman–Crippen LogP) is 2.03. The summed E-state index contributed by atoms with van der Waals surface area (Å²) in [5.74, 6) is 0.640. The number of ether oxygens (including phenoxy) is 3. The molecular weight excluding hydrogens is 291 g/mol. The predicted molar refractivity (Wildman–Crippen MR) is 69.7 cm³/mol. The number of alkyl halides is 3. The molecule has 120 valence electrons. The maximum absolute atomic E-state index is 12.5. The SMILES string of the molecule is COc1ccc([C@@H](O)C[C@@H](N)C(F)(F)F)c(OC)c1OC. The van der Waals surface area contributed by atoms with Gasteiger partial charge in [-0.15, -0.1) is 0 Å². The average Bonchev–Trinajstić information content (AvgIpc) is 2.43. The van der Waals surface area contributed by atoms with Gasteiger partial charge in [-0.25, -0.2) is 0 Å². The van der Waals surface area contributed by atoms with Gasteiger partial charge in [-0.3, -0.25) is 0 Å². The number of aliphatic hydroxyl groups is 1. The molecule has 0 unspecified atom stereocenters. The summed E-state index contributed by atoms with van der Waals surface area (Å²) in [6.07, 6.45) is -6.71. The van der Waals surface area contributed by atoms with E-state index in [2.05, 4.69) is 0 Å². The third-order valence-corrected chi connectivity index (χ3v) is 2.99. The van der Waals surface area contributed by atoms with E-state index in [1.54, 1.807) is 0 Å². The van der Waals surface area contributed by atoms with Crippen molar-refractivity contribution in [3.63, 3.8) is 0 Å². The third kappa shape index (κ3) is 3.92. The molecule has 1 aromatic carbocycles. The van der Waals surface area contributed by atoms with Crippen molar-refractivity contribution in [2.45, 2.75) is 24.7 Å². The van der Waals surface area contributed by atoms with Crippen molar-refractivity contribution in [1.82, 2.24) is 0 Å². The summed E-state index contributed by atoms with van der Waals surface area (Å²) in [5.41, 5.74) is 5.17. The summed E-state index contributed by atoms with van der Waals surface area (Å²) >= 11 is 0. The summed E-state index contributed by atoms with van der Waals surface area (Å²) in [6, 6.07) is 0.748. The Kier molecular flexibility index (Phi) is 5.68.